The van der Waals surface area contributed by atoms with Crippen LogP contribution in [-0.4, -0.2) is 34.3 Å². The Bertz CT molecular complexity index is 456. The predicted octanol–water partition coefficient (Wildman–Crippen LogP) is 2.69. The smallest absolute Gasteiger partial charge is 0.123 e. The average Bonchev–Trinajstić information content (AvgIpc) is 2.51. The summed E-state index contributed by atoms with van der Waals surface area (Å²) in [6, 6.07) is 7.99. The predicted molar refractivity (Wildman–Crippen MR) is 83.9 cm³/mol. The molecule has 4 heteroatoms. The van der Waals surface area contributed by atoms with E-state index in [4.69, 9.17) is 11.1 Å². The number of rotatable bonds is 3. The molecule has 3 N–H and O–H groups in total. The van der Waals surface area contributed by atoms with Crippen LogP contribution in [0.3, 0.4) is 0 Å². The second-order valence-corrected chi connectivity index (χ2v) is 7.51. The summed E-state index contributed by atoms with van der Waals surface area (Å²) in [6.07, 6.45) is 1.21. The third-order valence-electron chi connectivity index (χ3n) is 3.63. The summed E-state index contributed by atoms with van der Waals surface area (Å²) < 4.78 is 0.384. The third kappa shape index (κ3) is 3.98. The molecule has 104 valence electrons. The summed E-state index contributed by atoms with van der Waals surface area (Å²) in [5, 5.41) is 7.65. The van der Waals surface area contributed by atoms with Crippen LogP contribution in [0.15, 0.2) is 24.3 Å². The van der Waals surface area contributed by atoms with Crippen LogP contribution in [0.1, 0.15) is 31.4 Å². The van der Waals surface area contributed by atoms with E-state index in [0.29, 0.717) is 4.75 Å². The van der Waals surface area contributed by atoms with Gasteiger partial charge in [0.1, 0.15) is 5.84 Å². The number of nitrogens with zero attached hydrogens (tertiary/aromatic N) is 1. The molecule has 0 atom stereocenters. The molecular formula is C15H23N3S. The lowest BCUT2D eigenvalue weighted by molar-refractivity contribution is 0.276. The van der Waals surface area contributed by atoms with Crippen molar-refractivity contribution in [3.63, 3.8) is 0 Å². The van der Waals surface area contributed by atoms with Crippen LogP contribution in [0.4, 0.5) is 0 Å². The normalized spacial score (nSPS) is 19.9. The average molecular weight is 277 g/mol. The van der Waals surface area contributed by atoms with Crippen LogP contribution in [-0.2, 0) is 6.54 Å². The highest BCUT2D eigenvalue weighted by Gasteiger charge is 2.23. The minimum Gasteiger partial charge on any atom is -0.384 e. The van der Waals surface area contributed by atoms with Crippen LogP contribution < -0.4 is 5.73 Å². The second kappa shape index (κ2) is 5.97. The highest BCUT2D eigenvalue weighted by atomic mass is 32.2. The van der Waals surface area contributed by atoms with Crippen molar-refractivity contribution in [1.29, 1.82) is 5.41 Å². The number of thioether (sulfide) groups is 1. The fourth-order valence-corrected chi connectivity index (χ4v) is 3.52. The number of benzene rings is 1. The summed E-state index contributed by atoms with van der Waals surface area (Å²) in [5.74, 6) is 1.34. The van der Waals surface area contributed by atoms with Gasteiger partial charge in [-0.05, 0) is 18.5 Å². The lowest BCUT2D eigenvalue weighted by Crippen LogP contribution is -2.28. The topological polar surface area (TPSA) is 53.1 Å². The Morgan fingerprint density at radius 1 is 1.37 bits per heavy atom. The van der Waals surface area contributed by atoms with Crippen molar-refractivity contribution >= 4 is 17.6 Å². The maximum Gasteiger partial charge on any atom is 0.123 e. The Morgan fingerprint density at radius 2 is 2.11 bits per heavy atom. The standard InChI is InChI=1S/C15H23N3S/c1-15(2)7-8-18(9-10-19-15)11-12-5-3-4-6-13(12)14(16)17/h3-6H,7-11H2,1-2H3,(H3,16,17). The van der Waals surface area contributed by atoms with E-state index in [2.05, 4.69) is 36.6 Å². The molecule has 0 amide bonds. The van der Waals surface area contributed by atoms with Gasteiger partial charge in [-0.1, -0.05) is 38.1 Å². The molecule has 0 aliphatic carbocycles. The first-order valence-electron chi connectivity index (χ1n) is 6.76. The van der Waals surface area contributed by atoms with Gasteiger partial charge in [-0.2, -0.15) is 11.8 Å². The Labute approximate surface area is 120 Å². The van der Waals surface area contributed by atoms with Crippen molar-refractivity contribution in [2.24, 2.45) is 5.73 Å². The fourth-order valence-electron chi connectivity index (χ4n) is 2.38. The molecule has 0 saturated carbocycles. The van der Waals surface area contributed by atoms with Crippen LogP contribution in [0.5, 0.6) is 0 Å². The van der Waals surface area contributed by atoms with Gasteiger partial charge >= 0.3 is 0 Å². The Hall–Kier alpha value is -1.00. The van der Waals surface area contributed by atoms with Gasteiger partial charge in [0.05, 0.1) is 0 Å². The van der Waals surface area contributed by atoms with Gasteiger partial charge in [-0.25, -0.2) is 0 Å². The first-order valence-corrected chi connectivity index (χ1v) is 7.75. The maximum absolute atomic E-state index is 7.65. The van der Waals surface area contributed by atoms with E-state index >= 15 is 0 Å². The molecule has 1 heterocycles. The Morgan fingerprint density at radius 3 is 2.84 bits per heavy atom. The van der Waals surface area contributed by atoms with Gasteiger partial charge in [0.25, 0.3) is 0 Å². The van der Waals surface area contributed by atoms with Gasteiger partial charge in [-0.3, -0.25) is 10.3 Å². The lowest BCUT2D eigenvalue weighted by Gasteiger charge is -2.23. The summed E-state index contributed by atoms with van der Waals surface area (Å²) in [6.45, 7) is 7.77. The number of nitrogens with one attached hydrogen (secondary N) is 1. The maximum atomic E-state index is 7.65. The summed E-state index contributed by atoms with van der Waals surface area (Å²) in [4.78, 5) is 2.48. The summed E-state index contributed by atoms with van der Waals surface area (Å²) in [5.41, 5.74) is 7.69. The largest absolute Gasteiger partial charge is 0.384 e. The molecule has 0 spiro atoms. The molecule has 2 rings (SSSR count). The molecule has 0 unspecified atom stereocenters. The van der Waals surface area contributed by atoms with E-state index in [1.54, 1.807) is 0 Å². The quantitative estimate of drug-likeness (QED) is 0.660. The monoisotopic (exact) mass is 277 g/mol. The SMILES string of the molecule is CC1(C)CCN(Cc2ccccc2C(=N)N)CCS1. The molecule has 0 bridgehead atoms. The number of amidine groups is 1. The highest BCUT2D eigenvalue weighted by molar-refractivity contribution is 8.00. The van der Waals surface area contributed by atoms with Gasteiger partial charge in [0.2, 0.25) is 0 Å². The van der Waals surface area contributed by atoms with Crippen LogP contribution >= 0.6 is 11.8 Å². The Balaban J connectivity index is 2.07. The van der Waals surface area contributed by atoms with Crippen molar-refractivity contribution in [3.8, 4) is 0 Å². The van der Waals surface area contributed by atoms with Gasteiger partial charge in [-0.15, -0.1) is 0 Å². The zero-order chi connectivity index (χ0) is 13.9. The van der Waals surface area contributed by atoms with Crippen molar-refractivity contribution in [2.45, 2.75) is 31.6 Å². The van der Waals surface area contributed by atoms with Gasteiger partial charge in [0.15, 0.2) is 0 Å². The molecule has 0 aromatic heterocycles. The van der Waals surface area contributed by atoms with Crippen molar-refractivity contribution < 1.29 is 0 Å². The number of hydrogen-bond acceptors (Lipinski definition) is 3. The summed E-state index contributed by atoms with van der Waals surface area (Å²) in [7, 11) is 0. The summed E-state index contributed by atoms with van der Waals surface area (Å²) >= 11 is 2.06. The first-order chi connectivity index (χ1) is 8.98. The molecule has 0 radical (unpaired) electrons. The van der Waals surface area contributed by atoms with Crippen LogP contribution in [0, 0.1) is 5.41 Å². The fraction of sp³-hybridized carbons (Fsp3) is 0.533. The van der Waals surface area contributed by atoms with Gasteiger partial charge < -0.3 is 5.73 Å². The molecule has 1 fully saturated rings. The molecule has 1 aliphatic heterocycles. The number of nitrogen functional groups attached to an aromatic ring is 1. The van der Waals surface area contributed by atoms with Crippen LogP contribution in [0.2, 0.25) is 0 Å². The molecule has 3 nitrogen and oxygen atoms in total. The second-order valence-electron chi connectivity index (χ2n) is 5.71. The van der Waals surface area contributed by atoms with Gasteiger partial charge in [0, 0.05) is 29.2 Å². The minimum absolute atomic E-state index is 0.167. The Kier molecular flexibility index (Phi) is 4.53. The molecule has 1 saturated heterocycles. The van der Waals surface area contributed by atoms with E-state index in [1.807, 2.05) is 18.2 Å². The lowest BCUT2D eigenvalue weighted by atomic mass is 10.1. The molecule has 1 aromatic rings. The molecule has 19 heavy (non-hydrogen) atoms. The zero-order valence-electron chi connectivity index (χ0n) is 11.8. The molecule has 1 aliphatic rings. The third-order valence-corrected chi connectivity index (χ3v) is 5.00. The first kappa shape index (κ1) is 14.4. The van der Waals surface area contributed by atoms with E-state index in [-0.39, 0.29) is 5.84 Å². The van der Waals surface area contributed by atoms with E-state index in [1.165, 1.54) is 17.7 Å². The molecule has 1 aromatic carbocycles. The highest BCUT2D eigenvalue weighted by Crippen LogP contribution is 2.31. The van der Waals surface area contributed by atoms with Crippen molar-refractivity contribution in [2.75, 3.05) is 18.8 Å². The van der Waals surface area contributed by atoms with E-state index in [0.717, 1.165) is 25.2 Å². The van der Waals surface area contributed by atoms with Crippen molar-refractivity contribution in [3.05, 3.63) is 35.4 Å². The van der Waals surface area contributed by atoms with Crippen molar-refractivity contribution in [1.82, 2.24) is 4.90 Å². The zero-order valence-corrected chi connectivity index (χ0v) is 12.6. The van der Waals surface area contributed by atoms with Crippen LogP contribution in [0.25, 0.3) is 0 Å². The number of nitrogens with two attached hydrogens (primary N) is 1. The minimum atomic E-state index is 0.167. The molecular weight excluding hydrogens is 254 g/mol. The number of hydrogen-bond donors (Lipinski definition) is 2. The van der Waals surface area contributed by atoms with E-state index < -0.39 is 0 Å². The van der Waals surface area contributed by atoms with E-state index in [9.17, 15) is 0 Å².